The highest BCUT2D eigenvalue weighted by molar-refractivity contribution is 6.31. The van der Waals surface area contributed by atoms with Gasteiger partial charge in [-0.25, -0.2) is 0 Å². The van der Waals surface area contributed by atoms with Crippen LogP contribution in [0, 0.1) is 0 Å². The highest BCUT2D eigenvalue weighted by Gasteiger charge is 2.34. The summed E-state index contributed by atoms with van der Waals surface area (Å²) in [5.74, 6) is 3.14. The third-order valence-corrected chi connectivity index (χ3v) is 5.68. The van der Waals surface area contributed by atoms with Gasteiger partial charge in [-0.3, -0.25) is 4.90 Å². The van der Waals surface area contributed by atoms with Crippen LogP contribution in [0.25, 0.3) is 0 Å². The molecule has 0 atom stereocenters. The zero-order valence-corrected chi connectivity index (χ0v) is 18.2. The molecule has 1 N–H and O–H groups in total. The molecule has 4 nitrogen and oxygen atoms in total. The second-order valence-electron chi connectivity index (χ2n) is 7.19. The number of allylic oxidation sites excluding steroid dienone is 4. The van der Waals surface area contributed by atoms with E-state index in [1.807, 2.05) is 68.5 Å². The van der Waals surface area contributed by atoms with Crippen molar-refractivity contribution in [3.05, 3.63) is 83.5 Å². The van der Waals surface area contributed by atoms with Crippen LogP contribution in [0.1, 0.15) is 26.7 Å². The maximum atomic E-state index is 6.38. The monoisotopic (exact) mass is 430 g/mol. The number of hydrogen-bond donors (Lipinski definition) is 1. The van der Waals surface area contributed by atoms with E-state index in [-0.39, 0.29) is 0 Å². The minimum absolute atomic E-state index is 0.738. The SMILES string of the molecule is CC.ClC1=C(Nc2cc3c4c(c2)Oc2ccccc2N4c2ccccc2O3)CCC=C1. The van der Waals surface area contributed by atoms with E-state index in [0.717, 1.165) is 69.3 Å². The fourth-order valence-electron chi connectivity index (χ4n) is 4.03. The second kappa shape index (κ2) is 8.05. The number of ether oxygens (including phenoxy) is 2. The predicted molar refractivity (Wildman–Crippen MR) is 127 cm³/mol. The molecule has 2 heterocycles. The van der Waals surface area contributed by atoms with Gasteiger partial charge in [0.05, 0.1) is 16.4 Å². The molecular formula is C26H23ClN2O2. The zero-order chi connectivity index (χ0) is 21.4. The van der Waals surface area contributed by atoms with Crippen LogP contribution >= 0.6 is 11.6 Å². The lowest BCUT2D eigenvalue weighted by Crippen LogP contribution is -2.20. The first-order chi connectivity index (χ1) is 15.3. The first-order valence-electron chi connectivity index (χ1n) is 10.6. The van der Waals surface area contributed by atoms with Gasteiger partial charge < -0.3 is 14.8 Å². The molecule has 0 bridgehead atoms. The zero-order valence-electron chi connectivity index (χ0n) is 17.5. The van der Waals surface area contributed by atoms with Gasteiger partial charge >= 0.3 is 0 Å². The minimum Gasteiger partial charge on any atom is -0.453 e. The van der Waals surface area contributed by atoms with Crippen molar-refractivity contribution in [1.82, 2.24) is 0 Å². The Morgan fingerprint density at radius 2 is 1.42 bits per heavy atom. The lowest BCUT2D eigenvalue weighted by atomic mass is 10.1. The first kappa shape index (κ1) is 19.6. The van der Waals surface area contributed by atoms with E-state index < -0.39 is 0 Å². The Balaban J connectivity index is 0.000000994. The molecule has 0 saturated heterocycles. The number of anilines is 4. The Hall–Kier alpha value is -3.37. The third-order valence-electron chi connectivity index (χ3n) is 5.32. The summed E-state index contributed by atoms with van der Waals surface area (Å²) >= 11 is 6.38. The highest BCUT2D eigenvalue weighted by atomic mass is 35.5. The molecule has 0 aromatic heterocycles. The summed E-state index contributed by atoms with van der Waals surface area (Å²) in [5, 5.41) is 4.20. The van der Waals surface area contributed by atoms with E-state index in [4.69, 9.17) is 21.1 Å². The van der Waals surface area contributed by atoms with Crippen LogP contribution in [-0.4, -0.2) is 0 Å². The third kappa shape index (κ3) is 3.33. The number of halogens is 1. The summed E-state index contributed by atoms with van der Waals surface area (Å²) in [5.41, 5.74) is 4.81. The summed E-state index contributed by atoms with van der Waals surface area (Å²) in [6.07, 6.45) is 5.87. The molecule has 3 aliphatic rings. The number of para-hydroxylation sites is 4. The molecule has 3 aromatic carbocycles. The van der Waals surface area contributed by atoms with Gasteiger partial charge in [0.1, 0.15) is 5.69 Å². The normalized spacial score (nSPS) is 14.9. The minimum atomic E-state index is 0.738. The number of benzene rings is 3. The van der Waals surface area contributed by atoms with Crippen LogP contribution in [-0.2, 0) is 0 Å². The Morgan fingerprint density at radius 3 is 2.00 bits per heavy atom. The standard InChI is InChI=1S/C24H17ClN2O2.C2H6/c25-16-7-1-2-8-17(16)26-15-13-22-24-23(14-15)29-21-12-6-4-10-19(21)27(24)18-9-3-5-11-20(18)28-22;1-2/h1,3-7,9-14,26H,2,8H2;1-2H3. The van der Waals surface area contributed by atoms with Gasteiger partial charge in [0.2, 0.25) is 0 Å². The van der Waals surface area contributed by atoms with Crippen molar-refractivity contribution in [2.75, 3.05) is 10.2 Å². The van der Waals surface area contributed by atoms with Gasteiger partial charge in [0.25, 0.3) is 0 Å². The fraction of sp³-hybridized carbons (Fsp3) is 0.154. The highest BCUT2D eigenvalue weighted by Crippen LogP contribution is 2.60. The van der Waals surface area contributed by atoms with Crippen LogP contribution in [0.2, 0.25) is 0 Å². The lowest BCUT2D eigenvalue weighted by molar-refractivity contribution is 0.446. The number of hydrogen-bond acceptors (Lipinski definition) is 4. The van der Waals surface area contributed by atoms with E-state index in [2.05, 4.69) is 28.4 Å². The van der Waals surface area contributed by atoms with Gasteiger partial charge in [-0.05, 0) is 43.2 Å². The Bertz CT molecular complexity index is 1150. The number of rotatable bonds is 2. The molecule has 0 unspecified atom stereocenters. The first-order valence-corrected chi connectivity index (χ1v) is 11.0. The van der Waals surface area contributed by atoms with Crippen LogP contribution in [0.5, 0.6) is 23.0 Å². The lowest BCUT2D eigenvalue weighted by Gasteiger charge is -2.38. The van der Waals surface area contributed by atoms with Crippen molar-refractivity contribution < 1.29 is 9.47 Å². The van der Waals surface area contributed by atoms with Crippen molar-refractivity contribution in [3.8, 4) is 23.0 Å². The van der Waals surface area contributed by atoms with E-state index in [9.17, 15) is 0 Å². The molecule has 31 heavy (non-hydrogen) atoms. The van der Waals surface area contributed by atoms with E-state index >= 15 is 0 Å². The van der Waals surface area contributed by atoms with Crippen molar-refractivity contribution in [2.45, 2.75) is 26.7 Å². The van der Waals surface area contributed by atoms with E-state index in [1.54, 1.807) is 0 Å². The molecule has 3 aromatic rings. The predicted octanol–water partition coefficient (Wildman–Crippen LogP) is 8.61. The molecule has 0 fully saturated rings. The van der Waals surface area contributed by atoms with E-state index in [0.29, 0.717) is 0 Å². The summed E-state index contributed by atoms with van der Waals surface area (Å²) in [6.45, 7) is 4.00. The van der Waals surface area contributed by atoms with Gasteiger partial charge in [0.15, 0.2) is 23.0 Å². The molecule has 2 aliphatic heterocycles. The summed E-state index contributed by atoms with van der Waals surface area (Å²) < 4.78 is 12.5. The van der Waals surface area contributed by atoms with Crippen molar-refractivity contribution in [2.24, 2.45) is 0 Å². The van der Waals surface area contributed by atoms with Crippen molar-refractivity contribution in [1.29, 1.82) is 0 Å². The largest absolute Gasteiger partial charge is 0.453 e. The Morgan fingerprint density at radius 1 is 0.839 bits per heavy atom. The average Bonchev–Trinajstić information content (AvgIpc) is 2.81. The smallest absolute Gasteiger partial charge is 0.157 e. The van der Waals surface area contributed by atoms with Gasteiger partial charge in [-0.1, -0.05) is 55.8 Å². The van der Waals surface area contributed by atoms with Gasteiger partial charge in [-0.15, -0.1) is 0 Å². The molecule has 1 aliphatic carbocycles. The topological polar surface area (TPSA) is 33.7 Å². The second-order valence-corrected chi connectivity index (χ2v) is 7.60. The molecule has 0 saturated carbocycles. The van der Waals surface area contributed by atoms with Crippen LogP contribution < -0.4 is 19.7 Å². The Kier molecular flexibility index (Phi) is 5.08. The quantitative estimate of drug-likeness (QED) is 0.304. The molecule has 0 amide bonds. The molecular weight excluding hydrogens is 408 g/mol. The van der Waals surface area contributed by atoms with Gasteiger partial charge in [0, 0.05) is 23.5 Å². The number of nitrogens with one attached hydrogen (secondary N) is 1. The maximum Gasteiger partial charge on any atom is 0.157 e. The molecule has 156 valence electrons. The van der Waals surface area contributed by atoms with Crippen LogP contribution in [0.4, 0.5) is 22.7 Å². The Labute approximate surface area is 187 Å². The van der Waals surface area contributed by atoms with Crippen LogP contribution in [0.15, 0.2) is 83.5 Å². The average molecular weight is 431 g/mol. The maximum absolute atomic E-state index is 6.38. The van der Waals surface area contributed by atoms with Crippen LogP contribution in [0.3, 0.4) is 0 Å². The molecule has 6 rings (SSSR count). The molecule has 5 heteroatoms. The molecule has 0 radical (unpaired) electrons. The number of fused-ring (bicyclic) bond motifs is 4. The fourth-order valence-corrected chi connectivity index (χ4v) is 4.26. The molecule has 0 spiro atoms. The number of nitrogens with zero attached hydrogens (tertiary/aromatic N) is 1. The van der Waals surface area contributed by atoms with E-state index in [1.165, 1.54) is 0 Å². The summed E-state index contributed by atoms with van der Waals surface area (Å²) in [4.78, 5) is 2.21. The summed E-state index contributed by atoms with van der Waals surface area (Å²) in [6, 6.07) is 20.1. The van der Waals surface area contributed by atoms with Crippen molar-refractivity contribution in [3.63, 3.8) is 0 Å². The van der Waals surface area contributed by atoms with Crippen molar-refractivity contribution >= 4 is 34.4 Å². The van der Waals surface area contributed by atoms with Gasteiger partial charge in [-0.2, -0.15) is 0 Å². The summed E-state index contributed by atoms with van der Waals surface area (Å²) in [7, 11) is 0.